The number of hydrogen-bond donors (Lipinski definition) is 1. The van der Waals surface area contributed by atoms with Gasteiger partial charge in [0, 0.05) is 10.9 Å². The summed E-state index contributed by atoms with van der Waals surface area (Å²) < 4.78 is 0. The lowest BCUT2D eigenvalue weighted by atomic mass is 9.78. The highest BCUT2D eigenvalue weighted by Gasteiger charge is 2.27. The predicted molar refractivity (Wildman–Crippen MR) is 86.3 cm³/mol. The summed E-state index contributed by atoms with van der Waals surface area (Å²) in [7, 11) is 0. The van der Waals surface area contributed by atoms with Crippen LogP contribution in [0.15, 0.2) is 29.2 Å². The second kappa shape index (κ2) is 7.37. The average molecular weight is 312 g/mol. The molecule has 3 unspecified atom stereocenters. The molecule has 2 nitrogen and oxygen atoms in total. The summed E-state index contributed by atoms with van der Waals surface area (Å²) in [6, 6.07) is 7.98. The Morgan fingerprint density at radius 1 is 1.35 bits per heavy atom. The summed E-state index contributed by atoms with van der Waals surface area (Å²) in [5.41, 5.74) is 0. The first-order valence-electron chi connectivity index (χ1n) is 7.24. The van der Waals surface area contributed by atoms with E-state index < -0.39 is 0 Å². The molecule has 110 valence electrons. The Morgan fingerprint density at radius 3 is 2.85 bits per heavy atom. The van der Waals surface area contributed by atoms with E-state index in [9.17, 15) is 4.79 Å². The molecule has 1 aliphatic carbocycles. The van der Waals surface area contributed by atoms with Crippen molar-refractivity contribution < 1.29 is 4.79 Å². The van der Waals surface area contributed by atoms with Crippen LogP contribution in [0.5, 0.6) is 0 Å². The largest absolute Gasteiger partial charge is 0.352 e. The van der Waals surface area contributed by atoms with Gasteiger partial charge in [0.05, 0.1) is 10.8 Å². The van der Waals surface area contributed by atoms with Crippen LogP contribution < -0.4 is 5.32 Å². The van der Waals surface area contributed by atoms with Gasteiger partial charge in [0.1, 0.15) is 0 Å². The van der Waals surface area contributed by atoms with Gasteiger partial charge in [0.15, 0.2) is 0 Å². The maximum Gasteiger partial charge on any atom is 0.230 e. The molecule has 0 aliphatic heterocycles. The standard InChI is InChI=1S/C16H22ClNOS/c1-11-6-5-8-14(12(11)2)18-16(19)10-20-15-9-4-3-7-13(15)17/h3-4,7,9,11-12,14H,5-6,8,10H2,1-2H3,(H,18,19). The van der Waals surface area contributed by atoms with Crippen molar-refractivity contribution in [3.8, 4) is 0 Å². The summed E-state index contributed by atoms with van der Waals surface area (Å²) in [6.07, 6.45) is 3.60. The number of thioether (sulfide) groups is 1. The van der Waals surface area contributed by atoms with Gasteiger partial charge in [-0.2, -0.15) is 0 Å². The van der Waals surface area contributed by atoms with Crippen LogP contribution in [0.2, 0.25) is 5.02 Å². The Bertz CT molecular complexity index is 466. The highest BCUT2D eigenvalue weighted by atomic mass is 35.5. The maximum absolute atomic E-state index is 12.1. The van der Waals surface area contributed by atoms with E-state index in [0.717, 1.165) is 11.3 Å². The Morgan fingerprint density at radius 2 is 2.10 bits per heavy atom. The highest BCUT2D eigenvalue weighted by Crippen LogP contribution is 2.30. The number of amides is 1. The number of hydrogen-bond acceptors (Lipinski definition) is 2. The zero-order chi connectivity index (χ0) is 14.5. The van der Waals surface area contributed by atoms with Gasteiger partial charge < -0.3 is 5.32 Å². The fraction of sp³-hybridized carbons (Fsp3) is 0.562. The van der Waals surface area contributed by atoms with Gasteiger partial charge in [-0.15, -0.1) is 11.8 Å². The smallest absolute Gasteiger partial charge is 0.230 e. The molecule has 3 atom stereocenters. The minimum Gasteiger partial charge on any atom is -0.352 e. The summed E-state index contributed by atoms with van der Waals surface area (Å²) in [6.45, 7) is 4.53. The lowest BCUT2D eigenvalue weighted by Gasteiger charge is -2.34. The van der Waals surface area contributed by atoms with Crippen LogP contribution in [-0.2, 0) is 4.79 Å². The first kappa shape index (κ1) is 15.7. The second-order valence-electron chi connectivity index (χ2n) is 5.66. The van der Waals surface area contributed by atoms with Crippen molar-refractivity contribution in [1.29, 1.82) is 0 Å². The predicted octanol–water partition coefficient (Wildman–Crippen LogP) is 4.37. The third kappa shape index (κ3) is 4.16. The molecular formula is C16H22ClNOS. The van der Waals surface area contributed by atoms with E-state index in [1.165, 1.54) is 24.6 Å². The van der Waals surface area contributed by atoms with Gasteiger partial charge in [-0.05, 0) is 30.4 Å². The van der Waals surface area contributed by atoms with E-state index in [2.05, 4.69) is 19.2 Å². The van der Waals surface area contributed by atoms with Crippen LogP contribution in [0.4, 0.5) is 0 Å². The number of carbonyl (C=O) groups excluding carboxylic acids is 1. The molecule has 1 amide bonds. The fourth-order valence-corrected chi connectivity index (χ4v) is 3.79. The van der Waals surface area contributed by atoms with E-state index >= 15 is 0 Å². The molecule has 0 bridgehead atoms. The van der Waals surface area contributed by atoms with Gasteiger partial charge in [0.2, 0.25) is 5.91 Å². The van der Waals surface area contributed by atoms with Gasteiger partial charge >= 0.3 is 0 Å². The van der Waals surface area contributed by atoms with Crippen molar-refractivity contribution >= 4 is 29.3 Å². The number of carbonyl (C=O) groups is 1. The molecule has 0 radical (unpaired) electrons. The van der Waals surface area contributed by atoms with E-state index in [1.807, 2.05) is 24.3 Å². The molecule has 1 N–H and O–H groups in total. The van der Waals surface area contributed by atoms with Crippen molar-refractivity contribution in [2.45, 2.75) is 44.0 Å². The molecule has 0 heterocycles. The van der Waals surface area contributed by atoms with Gasteiger partial charge in [-0.1, -0.05) is 50.4 Å². The number of halogens is 1. The lowest BCUT2D eigenvalue weighted by molar-refractivity contribution is -0.119. The summed E-state index contributed by atoms with van der Waals surface area (Å²) in [5.74, 6) is 1.81. The molecule has 2 rings (SSSR count). The van der Waals surface area contributed by atoms with Crippen LogP contribution >= 0.6 is 23.4 Å². The monoisotopic (exact) mass is 311 g/mol. The maximum atomic E-state index is 12.1. The zero-order valence-corrected chi connectivity index (χ0v) is 13.6. The Labute approximate surface area is 130 Å². The van der Waals surface area contributed by atoms with E-state index in [-0.39, 0.29) is 5.91 Å². The zero-order valence-electron chi connectivity index (χ0n) is 12.1. The number of nitrogens with one attached hydrogen (secondary N) is 1. The van der Waals surface area contributed by atoms with Crippen molar-refractivity contribution in [1.82, 2.24) is 5.32 Å². The van der Waals surface area contributed by atoms with Crippen LogP contribution in [0.1, 0.15) is 33.1 Å². The molecule has 1 saturated carbocycles. The normalized spacial score (nSPS) is 26.2. The quantitative estimate of drug-likeness (QED) is 0.836. The van der Waals surface area contributed by atoms with Crippen LogP contribution in [0, 0.1) is 11.8 Å². The van der Waals surface area contributed by atoms with Crippen molar-refractivity contribution in [3.05, 3.63) is 29.3 Å². The fourth-order valence-electron chi connectivity index (χ4n) is 2.74. The summed E-state index contributed by atoms with van der Waals surface area (Å²) >= 11 is 7.59. The minimum absolute atomic E-state index is 0.112. The minimum atomic E-state index is 0.112. The first-order chi connectivity index (χ1) is 9.58. The van der Waals surface area contributed by atoms with Crippen LogP contribution in [0.25, 0.3) is 0 Å². The third-order valence-electron chi connectivity index (χ3n) is 4.25. The SMILES string of the molecule is CC1CCCC(NC(=O)CSc2ccccc2Cl)C1C. The van der Waals surface area contributed by atoms with E-state index in [1.54, 1.807) is 0 Å². The third-order valence-corrected chi connectivity index (χ3v) is 5.76. The molecule has 1 aromatic carbocycles. The Balaban J connectivity index is 1.82. The topological polar surface area (TPSA) is 29.1 Å². The molecule has 0 spiro atoms. The first-order valence-corrected chi connectivity index (χ1v) is 8.61. The summed E-state index contributed by atoms with van der Waals surface area (Å²) in [5, 5.41) is 3.90. The lowest BCUT2D eigenvalue weighted by Crippen LogP contribution is -2.44. The van der Waals surface area contributed by atoms with Gasteiger partial charge in [-0.3, -0.25) is 4.79 Å². The molecule has 1 fully saturated rings. The Hall–Kier alpha value is -0.670. The van der Waals surface area contributed by atoms with Crippen molar-refractivity contribution in [2.24, 2.45) is 11.8 Å². The molecule has 1 aromatic rings. The number of benzene rings is 1. The van der Waals surface area contributed by atoms with Crippen molar-refractivity contribution in [2.75, 3.05) is 5.75 Å². The molecule has 0 aromatic heterocycles. The van der Waals surface area contributed by atoms with Gasteiger partial charge in [-0.25, -0.2) is 0 Å². The summed E-state index contributed by atoms with van der Waals surface area (Å²) in [4.78, 5) is 13.0. The molecule has 0 saturated heterocycles. The molecule has 4 heteroatoms. The van der Waals surface area contributed by atoms with Crippen molar-refractivity contribution in [3.63, 3.8) is 0 Å². The average Bonchev–Trinajstić information content (AvgIpc) is 2.43. The Kier molecular flexibility index (Phi) is 5.79. The van der Waals surface area contributed by atoms with Gasteiger partial charge in [0.25, 0.3) is 0 Å². The van der Waals surface area contributed by atoms with Crippen LogP contribution in [-0.4, -0.2) is 17.7 Å². The second-order valence-corrected chi connectivity index (χ2v) is 7.08. The van der Waals surface area contributed by atoms with Crippen LogP contribution in [0.3, 0.4) is 0 Å². The molecular weight excluding hydrogens is 290 g/mol. The highest BCUT2D eigenvalue weighted by molar-refractivity contribution is 8.00. The van der Waals surface area contributed by atoms with E-state index in [4.69, 9.17) is 11.6 Å². The molecule has 1 aliphatic rings. The molecule has 20 heavy (non-hydrogen) atoms. The van der Waals surface area contributed by atoms with E-state index in [0.29, 0.717) is 28.7 Å². The number of rotatable bonds is 4.